The summed E-state index contributed by atoms with van der Waals surface area (Å²) < 4.78 is 23.2. The lowest BCUT2D eigenvalue weighted by Crippen LogP contribution is -2.39. The minimum Gasteiger partial charge on any atom is -0.378 e. The molecule has 0 bridgehead atoms. The van der Waals surface area contributed by atoms with E-state index >= 15 is 0 Å². The second kappa shape index (κ2) is 4.88. The molecule has 78 valence electrons. The van der Waals surface area contributed by atoms with Gasteiger partial charge < -0.3 is 9.47 Å². The van der Waals surface area contributed by atoms with Gasteiger partial charge in [0.25, 0.3) is 0 Å². The van der Waals surface area contributed by atoms with Gasteiger partial charge in [-0.3, -0.25) is 4.90 Å². The second-order valence-electron chi connectivity index (χ2n) is 3.65. The van der Waals surface area contributed by atoms with Gasteiger partial charge in [0.2, 0.25) is 6.36 Å². The maximum Gasteiger partial charge on any atom is 0.211 e. The van der Waals surface area contributed by atoms with Crippen LogP contribution in [0, 0.1) is 0 Å². The standard InChI is InChI=1S/C9H18FNO2/c1-7(2)11-4-8(12-3)6-13-9(10)5-11/h7-9H,4-6H2,1-3H3/t8-,9-/m0/s1. The summed E-state index contributed by atoms with van der Waals surface area (Å²) in [7, 11) is 1.63. The van der Waals surface area contributed by atoms with Crippen LogP contribution in [0.25, 0.3) is 0 Å². The molecule has 0 saturated carbocycles. The Bertz CT molecular complexity index is 155. The van der Waals surface area contributed by atoms with Crippen molar-refractivity contribution in [2.45, 2.75) is 32.4 Å². The van der Waals surface area contributed by atoms with Crippen molar-refractivity contribution in [1.29, 1.82) is 0 Å². The molecule has 1 rings (SSSR count). The fourth-order valence-electron chi connectivity index (χ4n) is 1.40. The van der Waals surface area contributed by atoms with E-state index < -0.39 is 6.36 Å². The van der Waals surface area contributed by atoms with Crippen molar-refractivity contribution in [2.24, 2.45) is 0 Å². The molecule has 1 aliphatic heterocycles. The van der Waals surface area contributed by atoms with Crippen molar-refractivity contribution < 1.29 is 13.9 Å². The Hall–Kier alpha value is -0.190. The number of alkyl halides is 1. The molecular weight excluding hydrogens is 173 g/mol. The summed E-state index contributed by atoms with van der Waals surface area (Å²) in [5.41, 5.74) is 0. The van der Waals surface area contributed by atoms with Gasteiger partial charge in [-0.2, -0.15) is 0 Å². The summed E-state index contributed by atoms with van der Waals surface area (Å²) in [6.45, 7) is 5.53. The van der Waals surface area contributed by atoms with Crippen LogP contribution in [0.2, 0.25) is 0 Å². The molecule has 0 aromatic carbocycles. The molecule has 0 unspecified atom stereocenters. The Morgan fingerprint density at radius 2 is 2.15 bits per heavy atom. The van der Waals surface area contributed by atoms with Crippen LogP contribution in [0.3, 0.4) is 0 Å². The van der Waals surface area contributed by atoms with Crippen LogP contribution >= 0.6 is 0 Å². The highest BCUT2D eigenvalue weighted by Gasteiger charge is 2.25. The van der Waals surface area contributed by atoms with E-state index in [2.05, 4.69) is 0 Å². The normalized spacial score (nSPS) is 32.1. The van der Waals surface area contributed by atoms with Crippen LogP contribution < -0.4 is 0 Å². The summed E-state index contributed by atoms with van der Waals surface area (Å²) in [5.74, 6) is 0. The average Bonchev–Trinajstić information content (AvgIpc) is 2.27. The Kier molecular flexibility index (Phi) is 4.09. The predicted octanol–water partition coefficient (Wildman–Crippen LogP) is 1.04. The predicted molar refractivity (Wildman–Crippen MR) is 48.4 cm³/mol. The lowest BCUT2D eigenvalue weighted by Gasteiger charge is -2.26. The SMILES string of the molecule is CO[C@@H]1CO[C@H](F)CN(C(C)C)C1. The number of halogens is 1. The van der Waals surface area contributed by atoms with Crippen molar-refractivity contribution in [2.75, 3.05) is 26.8 Å². The first kappa shape index (κ1) is 10.9. The molecule has 0 aromatic heterocycles. The van der Waals surface area contributed by atoms with Crippen LogP contribution in [-0.2, 0) is 9.47 Å². The molecule has 0 spiro atoms. The van der Waals surface area contributed by atoms with E-state index in [-0.39, 0.29) is 6.10 Å². The third-order valence-electron chi connectivity index (χ3n) is 2.34. The van der Waals surface area contributed by atoms with Crippen LogP contribution in [0.1, 0.15) is 13.8 Å². The van der Waals surface area contributed by atoms with Crippen molar-refractivity contribution in [3.8, 4) is 0 Å². The number of hydrogen-bond acceptors (Lipinski definition) is 3. The first-order valence-corrected chi connectivity index (χ1v) is 4.66. The molecule has 0 aliphatic carbocycles. The molecule has 1 fully saturated rings. The third kappa shape index (κ3) is 3.21. The van der Waals surface area contributed by atoms with Crippen LogP contribution in [0.5, 0.6) is 0 Å². The monoisotopic (exact) mass is 191 g/mol. The van der Waals surface area contributed by atoms with Crippen molar-refractivity contribution in [1.82, 2.24) is 4.90 Å². The van der Waals surface area contributed by atoms with E-state index in [0.717, 1.165) is 6.54 Å². The first-order valence-electron chi connectivity index (χ1n) is 4.66. The van der Waals surface area contributed by atoms with Crippen LogP contribution in [0.4, 0.5) is 4.39 Å². The van der Waals surface area contributed by atoms with E-state index in [1.54, 1.807) is 7.11 Å². The van der Waals surface area contributed by atoms with Gasteiger partial charge in [-0.1, -0.05) is 0 Å². The fourth-order valence-corrected chi connectivity index (χ4v) is 1.40. The van der Waals surface area contributed by atoms with Gasteiger partial charge in [-0.25, -0.2) is 4.39 Å². The van der Waals surface area contributed by atoms with Gasteiger partial charge in [0.1, 0.15) is 0 Å². The zero-order chi connectivity index (χ0) is 9.84. The first-order chi connectivity index (χ1) is 6.13. The highest BCUT2D eigenvalue weighted by molar-refractivity contribution is 4.73. The minimum absolute atomic E-state index is 0.0110. The van der Waals surface area contributed by atoms with Gasteiger partial charge in [0, 0.05) is 19.7 Å². The largest absolute Gasteiger partial charge is 0.378 e. The van der Waals surface area contributed by atoms with E-state index in [9.17, 15) is 4.39 Å². The van der Waals surface area contributed by atoms with Gasteiger partial charge in [0.15, 0.2) is 0 Å². The van der Waals surface area contributed by atoms with Crippen LogP contribution in [-0.4, -0.2) is 50.2 Å². The van der Waals surface area contributed by atoms with Crippen molar-refractivity contribution in [3.63, 3.8) is 0 Å². The number of hydrogen-bond donors (Lipinski definition) is 0. The highest BCUT2D eigenvalue weighted by atomic mass is 19.1. The number of rotatable bonds is 2. The van der Waals surface area contributed by atoms with Crippen LogP contribution in [0.15, 0.2) is 0 Å². The Labute approximate surface area is 78.8 Å². The lowest BCUT2D eigenvalue weighted by atomic mass is 10.2. The summed E-state index contributed by atoms with van der Waals surface area (Å²) in [6.07, 6.45) is -1.19. The zero-order valence-corrected chi connectivity index (χ0v) is 8.50. The van der Waals surface area contributed by atoms with E-state index in [4.69, 9.17) is 9.47 Å². The number of ether oxygens (including phenoxy) is 2. The molecule has 1 aliphatic rings. The summed E-state index contributed by atoms with van der Waals surface area (Å²) >= 11 is 0. The molecular formula is C9H18FNO2. The molecule has 1 saturated heterocycles. The maximum atomic E-state index is 13.0. The summed E-state index contributed by atoms with van der Waals surface area (Å²) in [4.78, 5) is 2.03. The second-order valence-corrected chi connectivity index (χ2v) is 3.65. The molecule has 13 heavy (non-hydrogen) atoms. The van der Waals surface area contributed by atoms with Gasteiger partial charge in [-0.05, 0) is 13.8 Å². The summed E-state index contributed by atoms with van der Waals surface area (Å²) in [5, 5.41) is 0. The van der Waals surface area contributed by atoms with Gasteiger partial charge in [-0.15, -0.1) is 0 Å². The summed E-state index contributed by atoms with van der Waals surface area (Å²) in [6, 6.07) is 0.331. The molecule has 4 heteroatoms. The molecule has 1 heterocycles. The minimum atomic E-state index is -1.18. The van der Waals surface area contributed by atoms with E-state index in [0.29, 0.717) is 19.2 Å². The Morgan fingerprint density at radius 3 is 2.69 bits per heavy atom. The average molecular weight is 191 g/mol. The van der Waals surface area contributed by atoms with Gasteiger partial charge >= 0.3 is 0 Å². The maximum absolute atomic E-state index is 13.0. The molecule has 2 atom stereocenters. The molecule has 0 amide bonds. The smallest absolute Gasteiger partial charge is 0.211 e. The van der Waals surface area contributed by atoms with Crippen molar-refractivity contribution in [3.05, 3.63) is 0 Å². The molecule has 3 nitrogen and oxygen atoms in total. The van der Waals surface area contributed by atoms with Gasteiger partial charge in [0.05, 0.1) is 19.3 Å². The Morgan fingerprint density at radius 1 is 1.46 bits per heavy atom. The highest BCUT2D eigenvalue weighted by Crippen LogP contribution is 2.11. The van der Waals surface area contributed by atoms with E-state index in [1.165, 1.54) is 0 Å². The fraction of sp³-hybridized carbons (Fsp3) is 1.00. The van der Waals surface area contributed by atoms with Crippen molar-refractivity contribution >= 4 is 0 Å². The Balaban J connectivity index is 2.52. The topological polar surface area (TPSA) is 21.7 Å². The molecule has 0 radical (unpaired) electrons. The molecule has 0 N–H and O–H groups in total. The number of nitrogens with zero attached hydrogens (tertiary/aromatic N) is 1. The zero-order valence-electron chi connectivity index (χ0n) is 8.50. The quantitative estimate of drug-likeness (QED) is 0.651. The number of methoxy groups -OCH3 is 1. The molecule has 0 aromatic rings. The lowest BCUT2D eigenvalue weighted by molar-refractivity contribution is -0.0630. The third-order valence-corrected chi connectivity index (χ3v) is 2.34. The van der Waals surface area contributed by atoms with E-state index in [1.807, 2.05) is 18.7 Å².